The first-order valence-electron chi connectivity index (χ1n) is 15.7. The van der Waals surface area contributed by atoms with Crippen LogP contribution in [0.2, 0.25) is 5.02 Å². The number of fused-ring (bicyclic) bond motifs is 3. The van der Waals surface area contributed by atoms with Crippen LogP contribution in [0.25, 0.3) is 10.9 Å². The first-order chi connectivity index (χ1) is 24.2. The third kappa shape index (κ3) is 8.41. The summed E-state index contributed by atoms with van der Waals surface area (Å²) in [5.41, 5.74) is 9.82. The van der Waals surface area contributed by atoms with E-state index in [1.54, 1.807) is 39.9 Å². The minimum absolute atomic E-state index is 0.190. The molecule has 2 aromatic heterocycles. The number of benzene rings is 3. The number of urea groups is 1. The van der Waals surface area contributed by atoms with E-state index in [1.807, 2.05) is 60.7 Å². The normalized spacial score (nSPS) is 13.2. The van der Waals surface area contributed by atoms with Crippen LogP contribution in [-0.4, -0.2) is 70.8 Å². The van der Waals surface area contributed by atoms with Crippen LogP contribution in [0.1, 0.15) is 32.1 Å². The molecule has 0 aliphatic carbocycles. The second kappa shape index (κ2) is 16.5. The van der Waals surface area contributed by atoms with E-state index in [2.05, 4.69) is 32.0 Å². The monoisotopic (exact) mass is 697 g/mol. The Morgan fingerprint density at radius 3 is 2.30 bits per heavy atom. The zero-order valence-electron chi connectivity index (χ0n) is 27.2. The molecule has 4 heterocycles. The van der Waals surface area contributed by atoms with E-state index in [9.17, 15) is 24.4 Å². The molecule has 0 radical (unpaired) electrons. The summed E-state index contributed by atoms with van der Waals surface area (Å²) in [5.74, 6) is -1.27. The molecule has 2 aliphatic rings. The Kier molecular flexibility index (Phi) is 11.7. The molecule has 1 fully saturated rings. The van der Waals surface area contributed by atoms with Gasteiger partial charge in [-0.25, -0.2) is 9.59 Å². The molecule has 0 spiro atoms. The quantitative estimate of drug-likeness (QED) is 0.122. The maximum atomic E-state index is 13.8. The van der Waals surface area contributed by atoms with Crippen molar-refractivity contribution >= 4 is 57.5 Å². The molecule has 7 rings (SSSR count). The number of nitrogens with one attached hydrogen (secondary N) is 3. The van der Waals surface area contributed by atoms with E-state index >= 15 is 0 Å². The molecule has 14 nitrogen and oxygen atoms in total. The number of nitrogens with zero attached hydrogens (tertiary/aromatic N) is 5. The lowest BCUT2D eigenvalue weighted by molar-refractivity contribution is 0.0685. The van der Waals surface area contributed by atoms with Gasteiger partial charge in [0.1, 0.15) is 5.69 Å². The van der Waals surface area contributed by atoms with Crippen molar-refractivity contribution in [1.82, 2.24) is 25.2 Å². The largest absolute Gasteiger partial charge is 0.477 e. The standard InChI is InChI=1S/C29H21ClN4O3.C4H10N2.C2H5N3O2/c30-23-15-20(32-24-8-3-6-18-7-4-14-31-27(18)24)10-12-22(23)28(35)34-17-21-11-13-26(29(36)37)33(21)16-19-5-1-2-9-25(19)34;1-2-6-4-3-5-1;1-5(4-7)2(3)6/h1-15,32H,16-17H2,(H,36,37);5-6H,1-4H2;1H3,(H2,3,6). The van der Waals surface area contributed by atoms with Crippen LogP contribution < -0.4 is 26.6 Å². The van der Waals surface area contributed by atoms with Crippen LogP contribution in [0.4, 0.5) is 21.9 Å². The predicted molar refractivity (Wildman–Crippen MR) is 193 cm³/mol. The molecular weight excluding hydrogens is 662 g/mol. The van der Waals surface area contributed by atoms with Crippen LogP contribution >= 0.6 is 11.6 Å². The van der Waals surface area contributed by atoms with Gasteiger partial charge in [-0.15, -0.1) is 4.91 Å². The number of carboxylic acids is 1. The predicted octanol–water partition coefficient (Wildman–Crippen LogP) is 5.20. The van der Waals surface area contributed by atoms with Gasteiger partial charge in [0, 0.05) is 61.9 Å². The SMILES string of the molecule is C1CNCCN1.CN(N=O)C(N)=O.O=C(O)c1ccc2n1Cc1ccccc1N(C(=O)c1ccc(Nc3cccc4cccnc34)cc1Cl)C2. The molecular formula is C35H36ClN9O5. The van der Waals surface area contributed by atoms with Crippen LogP contribution in [0.3, 0.4) is 0 Å². The number of aromatic nitrogens is 2. The zero-order valence-corrected chi connectivity index (χ0v) is 27.9. The van der Waals surface area contributed by atoms with Gasteiger partial charge < -0.3 is 36.3 Å². The lowest BCUT2D eigenvalue weighted by atomic mass is 10.1. The molecule has 3 amide bonds. The van der Waals surface area contributed by atoms with Crippen LogP contribution in [0, 0.1) is 4.91 Å². The van der Waals surface area contributed by atoms with Gasteiger partial charge in [0.25, 0.3) is 5.91 Å². The molecule has 0 saturated carbocycles. The highest BCUT2D eigenvalue weighted by atomic mass is 35.5. The van der Waals surface area contributed by atoms with Crippen molar-refractivity contribution < 1.29 is 19.5 Å². The third-order valence-electron chi connectivity index (χ3n) is 7.98. The highest BCUT2D eigenvalue weighted by Crippen LogP contribution is 2.33. The number of halogens is 1. The van der Waals surface area contributed by atoms with Crippen molar-refractivity contribution in [3.8, 4) is 0 Å². The topological polar surface area (TPSA) is 187 Å². The van der Waals surface area contributed by atoms with E-state index in [0.717, 1.165) is 65.4 Å². The average Bonchev–Trinajstić information content (AvgIpc) is 3.46. The Labute approximate surface area is 292 Å². The van der Waals surface area contributed by atoms with Gasteiger partial charge in [-0.2, -0.15) is 5.01 Å². The first kappa shape index (κ1) is 35.5. The van der Waals surface area contributed by atoms with Gasteiger partial charge in [0.15, 0.2) is 0 Å². The van der Waals surface area contributed by atoms with Crippen molar-refractivity contribution in [2.45, 2.75) is 13.1 Å². The number of para-hydroxylation sites is 2. The van der Waals surface area contributed by atoms with Gasteiger partial charge in [0.05, 0.1) is 40.2 Å². The lowest BCUT2D eigenvalue weighted by Gasteiger charge is -2.23. The number of amides is 3. The van der Waals surface area contributed by atoms with Gasteiger partial charge in [-0.3, -0.25) is 9.78 Å². The Bertz CT molecular complexity index is 2000. The summed E-state index contributed by atoms with van der Waals surface area (Å²) in [6, 6.07) is 25.0. The van der Waals surface area contributed by atoms with Crippen molar-refractivity contribution in [2.75, 3.05) is 43.4 Å². The van der Waals surface area contributed by atoms with Crippen LogP contribution in [0.5, 0.6) is 0 Å². The number of nitrogens with two attached hydrogens (primary N) is 1. The molecule has 0 atom stereocenters. The number of carbonyl (C=O) groups is 3. The van der Waals surface area contributed by atoms with Crippen molar-refractivity contribution in [1.29, 1.82) is 0 Å². The third-order valence-corrected chi connectivity index (χ3v) is 8.29. The highest BCUT2D eigenvalue weighted by Gasteiger charge is 2.28. The number of carboxylic acid groups (broad SMARTS) is 1. The summed E-state index contributed by atoms with van der Waals surface area (Å²) in [5, 5.41) is 23.4. The molecule has 2 aliphatic heterocycles. The minimum atomic E-state index is -1.00. The van der Waals surface area contributed by atoms with Crippen molar-refractivity contribution in [2.24, 2.45) is 11.0 Å². The maximum Gasteiger partial charge on any atom is 0.352 e. The van der Waals surface area contributed by atoms with E-state index in [0.29, 0.717) is 22.1 Å². The molecule has 1 saturated heterocycles. The molecule has 15 heteroatoms. The fourth-order valence-corrected chi connectivity index (χ4v) is 5.71. The van der Waals surface area contributed by atoms with Gasteiger partial charge in [-0.1, -0.05) is 48.0 Å². The number of anilines is 3. The number of nitroso groups, excluding NO2 is 1. The summed E-state index contributed by atoms with van der Waals surface area (Å²) in [6.45, 7) is 5.14. The van der Waals surface area contributed by atoms with E-state index < -0.39 is 12.0 Å². The Morgan fingerprint density at radius 2 is 1.66 bits per heavy atom. The summed E-state index contributed by atoms with van der Waals surface area (Å²) in [4.78, 5) is 50.8. The molecule has 50 heavy (non-hydrogen) atoms. The molecule has 0 bridgehead atoms. The molecule has 0 unspecified atom stereocenters. The number of aromatic carboxylic acids is 1. The van der Waals surface area contributed by atoms with Gasteiger partial charge in [-0.05, 0) is 54.1 Å². The van der Waals surface area contributed by atoms with Crippen molar-refractivity contribution in [3.05, 3.63) is 124 Å². The summed E-state index contributed by atoms with van der Waals surface area (Å²) in [7, 11) is 1.18. The Morgan fingerprint density at radius 1 is 0.940 bits per heavy atom. The number of hydrogen-bond donors (Lipinski definition) is 5. The molecule has 6 N–H and O–H groups in total. The molecule has 258 valence electrons. The Hall–Kier alpha value is -5.83. The second-order valence-electron chi connectivity index (χ2n) is 11.3. The summed E-state index contributed by atoms with van der Waals surface area (Å²) >= 11 is 6.66. The molecule has 5 aromatic rings. The van der Waals surface area contributed by atoms with Crippen LogP contribution in [-0.2, 0) is 13.1 Å². The number of carbonyl (C=O) groups excluding carboxylic acids is 2. The Balaban J connectivity index is 0.000000316. The fraction of sp³-hybridized carbons (Fsp3) is 0.200. The second-order valence-corrected chi connectivity index (χ2v) is 11.7. The average molecular weight is 698 g/mol. The zero-order chi connectivity index (χ0) is 35.6. The fourth-order valence-electron chi connectivity index (χ4n) is 5.44. The summed E-state index contributed by atoms with van der Waals surface area (Å²) < 4.78 is 1.74. The number of hydrogen-bond acceptors (Lipinski definition) is 9. The van der Waals surface area contributed by atoms with E-state index in [4.69, 9.17) is 11.6 Å². The summed E-state index contributed by atoms with van der Waals surface area (Å²) in [6.07, 6.45) is 1.75. The number of primary amides is 1. The molecule has 3 aromatic carbocycles. The van der Waals surface area contributed by atoms with Crippen LogP contribution in [0.15, 0.2) is 96.4 Å². The minimum Gasteiger partial charge on any atom is -0.477 e. The highest BCUT2D eigenvalue weighted by molar-refractivity contribution is 6.35. The smallest absolute Gasteiger partial charge is 0.352 e. The number of rotatable bonds is 5. The van der Waals surface area contributed by atoms with Gasteiger partial charge in [0.2, 0.25) is 0 Å². The first-order valence-corrected chi connectivity index (χ1v) is 16.1. The lowest BCUT2D eigenvalue weighted by Crippen LogP contribution is -2.39. The van der Waals surface area contributed by atoms with Gasteiger partial charge >= 0.3 is 12.0 Å². The van der Waals surface area contributed by atoms with E-state index in [1.165, 1.54) is 7.05 Å². The number of pyridine rings is 1. The number of piperazine rings is 1. The maximum absolute atomic E-state index is 13.8. The van der Waals surface area contributed by atoms with E-state index in [-0.39, 0.29) is 18.1 Å². The van der Waals surface area contributed by atoms with Crippen molar-refractivity contribution in [3.63, 3.8) is 0 Å².